The van der Waals surface area contributed by atoms with Crippen LogP contribution in [0.2, 0.25) is 0 Å². The minimum atomic E-state index is -0.657. The summed E-state index contributed by atoms with van der Waals surface area (Å²) in [5, 5.41) is 0. The first-order valence-corrected chi connectivity index (χ1v) is 4.60. The largest absolute Gasteiger partial charge is 0.497 e. The van der Waals surface area contributed by atoms with Gasteiger partial charge in [-0.3, -0.25) is 4.79 Å². The van der Waals surface area contributed by atoms with E-state index in [1.54, 1.807) is 32.4 Å². The number of fused-ring (bicyclic) bond motifs is 1. The van der Waals surface area contributed by atoms with Crippen LogP contribution in [0.3, 0.4) is 0 Å². The Labute approximate surface area is 87.4 Å². The zero-order chi connectivity index (χ0) is 11.0. The van der Waals surface area contributed by atoms with Crippen LogP contribution in [-0.4, -0.2) is 26.4 Å². The number of methoxy groups -OCH3 is 1. The summed E-state index contributed by atoms with van der Waals surface area (Å²) in [5.74, 6) is -0.163. The highest BCUT2D eigenvalue weighted by atomic mass is 16.5. The molecule has 0 aliphatic carbocycles. The monoisotopic (exact) mass is 205 g/mol. The van der Waals surface area contributed by atoms with Gasteiger partial charge in [0.25, 0.3) is 0 Å². The number of rotatable bonds is 2. The van der Waals surface area contributed by atoms with Gasteiger partial charge in [-0.15, -0.1) is 0 Å². The molecule has 0 radical (unpaired) electrons. The molecule has 4 nitrogen and oxygen atoms in total. The molecule has 0 saturated heterocycles. The number of anilines is 1. The van der Waals surface area contributed by atoms with Crippen LogP contribution in [0, 0.1) is 0 Å². The molecule has 0 aromatic heterocycles. The summed E-state index contributed by atoms with van der Waals surface area (Å²) in [6.45, 7) is 0. The van der Waals surface area contributed by atoms with E-state index in [2.05, 4.69) is 0 Å². The van der Waals surface area contributed by atoms with E-state index in [0.717, 1.165) is 11.3 Å². The van der Waals surface area contributed by atoms with Gasteiger partial charge < -0.3 is 14.4 Å². The van der Waals surface area contributed by atoms with Crippen LogP contribution in [0.5, 0.6) is 5.75 Å². The van der Waals surface area contributed by atoms with Gasteiger partial charge in [0, 0.05) is 13.1 Å². The molecular weight excluding hydrogens is 194 g/mol. The molecular formula is C11H11NO3. The van der Waals surface area contributed by atoms with Crippen molar-refractivity contribution in [3.05, 3.63) is 23.8 Å². The van der Waals surface area contributed by atoms with Gasteiger partial charge in [-0.25, -0.2) is 0 Å². The van der Waals surface area contributed by atoms with Crippen molar-refractivity contribution in [1.29, 1.82) is 0 Å². The third-order valence-corrected chi connectivity index (χ3v) is 2.67. The Morgan fingerprint density at radius 1 is 1.47 bits per heavy atom. The van der Waals surface area contributed by atoms with Crippen LogP contribution in [-0.2, 0) is 9.59 Å². The van der Waals surface area contributed by atoms with E-state index < -0.39 is 5.92 Å². The summed E-state index contributed by atoms with van der Waals surface area (Å²) in [7, 11) is 3.22. The number of ether oxygens (including phenoxy) is 1. The molecule has 1 unspecified atom stereocenters. The number of hydrogen-bond donors (Lipinski definition) is 0. The van der Waals surface area contributed by atoms with Crippen LogP contribution in [0.15, 0.2) is 18.2 Å². The second-order valence-electron chi connectivity index (χ2n) is 3.44. The minimum absolute atomic E-state index is 0.187. The Hall–Kier alpha value is -1.84. The Kier molecular flexibility index (Phi) is 2.19. The van der Waals surface area contributed by atoms with Crippen LogP contribution >= 0.6 is 0 Å². The van der Waals surface area contributed by atoms with Gasteiger partial charge in [0.15, 0.2) is 0 Å². The molecule has 0 fully saturated rings. The molecule has 1 aromatic carbocycles. The molecule has 0 bridgehead atoms. The fourth-order valence-electron chi connectivity index (χ4n) is 1.80. The smallest absolute Gasteiger partial charge is 0.241 e. The van der Waals surface area contributed by atoms with Crippen molar-refractivity contribution in [3.8, 4) is 5.75 Å². The lowest BCUT2D eigenvalue weighted by atomic mass is 10.0. The molecule has 78 valence electrons. The maximum Gasteiger partial charge on any atom is 0.241 e. The fraction of sp³-hybridized carbons (Fsp3) is 0.273. The molecule has 0 saturated carbocycles. The summed E-state index contributed by atoms with van der Waals surface area (Å²) in [6, 6.07) is 5.27. The molecule has 1 heterocycles. The summed E-state index contributed by atoms with van der Waals surface area (Å²) in [4.78, 5) is 23.9. The number of aldehydes is 1. The lowest BCUT2D eigenvalue weighted by molar-refractivity contribution is -0.122. The van der Waals surface area contributed by atoms with Crippen molar-refractivity contribution in [2.45, 2.75) is 5.92 Å². The molecule has 1 aromatic rings. The molecule has 1 atom stereocenters. The first-order chi connectivity index (χ1) is 7.19. The first-order valence-electron chi connectivity index (χ1n) is 4.60. The van der Waals surface area contributed by atoms with E-state index in [1.807, 2.05) is 0 Å². The molecule has 15 heavy (non-hydrogen) atoms. The Morgan fingerprint density at radius 2 is 2.20 bits per heavy atom. The van der Waals surface area contributed by atoms with Crippen molar-refractivity contribution in [2.75, 3.05) is 19.1 Å². The number of benzene rings is 1. The third-order valence-electron chi connectivity index (χ3n) is 2.67. The van der Waals surface area contributed by atoms with Crippen molar-refractivity contribution in [3.63, 3.8) is 0 Å². The highest BCUT2D eigenvalue weighted by Crippen LogP contribution is 2.37. The molecule has 1 aliphatic rings. The fourth-order valence-corrected chi connectivity index (χ4v) is 1.80. The van der Waals surface area contributed by atoms with Gasteiger partial charge in [0.05, 0.1) is 12.8 Å². The van der Waals surface area contributed by atoms with Gasteiger partial charge in [0.1, 0.15) is 18.0 Å². The highest BCUT2D eigenvalue weighted by Gasteiger charge is 2.34. The van der Waals surface area contributed by atoms with Crippen molar-refractivity contribution in [1.82, 2.24) is 0 Å². The zero-order valence-electron chi connectivity index (χ0n) is 8.56. The summed E-state index contributed by atoms with van der Waals surface area (Å²) in [5.41, 5.74) is 1.50. The predicted molar refractivity (Wildman–Crippen MR) is 55.2 cm³/mol. The molecule has 0 spiro atoms. The summed E-state index contributed by atoms with van der Waals surface area (Å²) < 4.78 is 5.07. The number of likely N-dealkylation sites (N-methyl/N-ethyl adjacent to an activating group) is 1. The average Bonchev–Trinajstić information content (AvgIpc) is 2.51. The van der Waals surface area contributed by atoms with Gasteiger partial charge >= 0.3 is 0 Å². The standard InChI is InChI=1S/C11H11NO3/c1-12-10-5-7(15-2)3-4-8(10)9(6-13)11(12)14/h3-6,9H,1-2H3. The number of carbonyl (C=O) groups is 2. The normalized spacial score (nSPS) is 18.9. The Bertz CT molecular complexity index is 428. The predicted octanol–water partition coefficient (Wildman–Crippen LogP) is 0.954. The third kappa shape index (κ3) is 1.29. The Morgan fingerprint density at radius 3 is 2.80 bits per heavy atom. The van der Waals surface area contributed by atoms with Gasteiger partial charge in [-0.05, 0) is 11.6 Å². The quantitative estimate of drug-likeness (QED) is 0.533. The molecule has 1 aliphatic heterocycles. The van der Waals surface area contributed by atoms with Crippen LogP contribution < -0.4 is 9.64 Å². The van der Waals surface area contributed by atoms with Crippen LogP contribution in [0.4, 0.5) is 5.69 Å². The zero-order valence-corrected chi connectivity index (χ0v) is 8.56. The Balaban J connectivity index is 2.55. The lowest BCUT2D eigenvalue weighted by Crippen LogP contribution is -2.24. The second kappa shape index (κ2) is 3.38. The highest BCUT2D eigenvalue weighted by molar-refractivity contribution is 6.12. The van der Waals surface area contributed by atoms with Crippen LogP contribution in [0.1, 0.15) is 11.5 Å². The van der Waals surface area contributed by atoms with E-state index in [-0.39, 0.29) is 5.91 Å². The van der Waals surface area contributed by atoms with Crippen molar-refractivity contribution in [2.24, 2.45) is 0 Å². The van der Waals surface area contributed by atoms with Crippen molar-refractivity contribution >= 4 is 17.9 Å². The van der Waals surface area contributed by atoms with Gasteiger partial charge in [0.2, 0.25) is 5.91 Å². The SMILES string of the molecule is COc1ccc2c(c1)N(C)C(=O)C2C=O. The maximum absolute atomic E-state index is 11.6. The van der Waals surface area contributed by atoms with Gasteiger partial charge in [-0.1, -0.05) is 6.07 Å². The lowest BCUT2D eigenvalue weighted by Gasteiger charge is -2.10. The van der Waals surface area contributed by atoms with Crippen LogP contribution in [0.25, 0.3) is 0 Å². The number of carbonyl (C=O) groups excluding carboxylic acids is 2. The molecule has 1 amide bonds. The average molecular weight is 205 g/mol. The summed E-state index contributed by atoms with van der Waals surface area (Å²) in [6.07, 6.45) is 0.678. The van der Waals surface area contributed by atoms with E-state index in [4.69, 9.17) is 4.74 Å². The minimum Gasteiger partial charge on any atom is -0.497 e. The molecule has 0 N–H and O–H groups in total. The first kappa shape index (κ1) is 9.71. The van der Waals surface area contributed by atoms with Gasteiger partial charge in [-0.2, -0.15) is 0 Å². The van der Waals surface area contributed by atoms with Crippen molar-refractivity contribution < 1.29 is 14.3 Å². The number of hydrogen-bond acceptors (Lipinski definition) is 3. The molecule has 4 heteroatoms. The number of nitrogens with zero attached hydrogens (tertiary/aromatic N) is 1. The number of amides is 1. The van der Waals surface area contributed by atoms with E-state index in [9.17, 15) is 9.59 Å². The summed E-state index contributed by atoms with van der Waals surface area (Å²) >= 11 is 0. The molecule has 2 rings (SSSR count). The van der Waals surface area contributed by atoms with E-state index in [0.29, 0.717) is 12.0 Å². The second-order valence-corrected chi connectivity index (χ2v) is 3.44. The maximum atomic E-state index is 11.6. The van der Waals surface area contributed by atoms with E-state index >= 15 is 0 Å². The van der Waals surface area contributed by atoms with E-state index in [1.165, 1.54) is 4.90 Å². The topological polar surface area (TPSA) is 46.6 Å².